The fourth-order valence-corrected chi connectivity index (χ4v) is 4.65. The lowest BCUT2D eigenvalue weighted by atomic mass is 10.1. The van der Waals surface area contributed by atoms with E-state index in [0.29, 0.717) is 50.6 Å². The number of nitrogens with one attached hydrogen (secondary N) is 2. The lowest BCUT2D eigenvalue weighted by Crippen LogP contribution is -2.57. The van der Waals surface area contributed by atoms with E-state index in [4.69, 9.17) is 4.74 Å². The van der Waals surface area contributed by atoms with E-state index in [1.807, 2.05) is 13.8 Å². The molecule has 1 saturated heterocycles. The molecule has 0 spiro atoms. The predicted molar refractivity (Wildman–Crippen MR) is 145 cm³/mol. The summed E-state index contributed by atoms with van der Waals surface area (Å²) in [5.41, 5.74) is 0.381. The van der Waals surface area contributed by atoms with Crippen LogP contribution in [0.1, 0.15) is 25.8 Å². The van der Waals surface area contributed by atoms with Crippen molar-refractivity contribution in [1.82, 2.24) is 10.2 Å². The molecule has 0 aromatic heterocycles. The van der Waals surface area contributed by atoms with E-state index in [1.54, 1.807) is 24.3 Å². The molecule has 1 unspecified atom stereocenters. The first kappa shape index (κ1) is 29.3. The molecule has 2 aromatic rings. The van der Waals surface area contributed by atoms with E-state index < -0.39 is 35.6 Å². The van der Waals surface area contributed by atoms with Crippen LogP contribution < -0.4 is 20.4 Å². The number of carbonyl (C=O) groups excluding carboxylic acids is 3. The van der Waals surface area contributed by atoms with Crippen LogP contribution in [0.3, 0.4) is 0 Å². The third-order valence-electron chi connectivity index (χ3n) is 6.91. The Bertz CT molecular complexity index is 1200. The van der Waals surface area contributed by atoms with Crippen LogP contribution in [-0.4, -0.2) is 74.7 Å². The van der Waals surface area contributed by atoms with Gasteiger partial charge in [0.15, 0.2) is 6.04 Å². The van der Waals surface area contributed by atoms with Gasteiger partial charge in [-0.25, -0.2) is 4.79 Å². The van der Waals surface area contributed by atoms with E-state index in [1.165, 1.54) is 9.80 Å². The second-order valence-electron chi connectivity index (χ2n) is 10.2. The topological polar surface area (TPSA) is 94.2 Å². The number of amides is 4. The van der Waals surface area contributed by atoms with Crippen LogP contribution in [0.4, 0.5) is 35.0 Å². The number of carbonyl (C=O) groups is 3. The summed E-state index contributed by atoms with van der Waals surface area (Å²) in [6, 6.07) is 8.66. The average molecular weight is 562 g/mol. The van der Waals surface area contributed by atoms with Crippen molar-refractivity contribution in [3.05, 3.63) is 54.1 Å². The Morgan fingerprint density at radius 3 is 2.05 bits per heavy atom. The summed E-state index contributed by atoms with van der Waals surface area (Å²) < 4.78 is 44.1. The molecular formula is C28H34F3N5O4. The Balaban J connectivity index is 1.59. The first-order valence-electron chi connectivity index (χ1n) is 13.3. The highest BCUT2D eigenvalue weighted by atomic mass is 19.4. The van der Waals surface area contributed by atoms with E-state index in [-0.39, 0.29) is 11.6 Å². The van der Waals surface area contributed by atoms with Gasteiger partial charge in [0.2, 0.25) is 0 Å². The zero-order valence-electron chi connectivity index (χ0n) is 22.5. The van der Waals surface area contributed by atoms with Crippen molar-refractivity contribution in [2.24, 2.45) is 5.92 Å². The predicted octanol–water partition coefficient (Wildman–Crippen LogP) is 3.95. The number of fused-ring (bicyclic) bond motifs is 1. The first-order chi connectivity index (χ1) is 19.0. The van der Waals surface area contributed by atoms with Gasteiger partial charge < -0.3 is 25.2 Å². The van der Waals surface area contributed by atoms with Gasteiger partial charge in [0.05, 0.1) is 30.2 Å². The number of anilines is 3. The minimum atomic E-state index is -4.51. The molecule has 0 saturated carbocycles. The SMILES string of the molecule is CC(C)CCN1C(=O)C(NC(=O)Nc2ccc(C(F)(F)F)cc2)C(=O)N(CCN2CCOCC2)c2ccccc21. The standard InChI is InChI=1S/C28H34F3N5O4/c1-19(2)11-12-35-22-5-3-4-6-23(22)36(14-13-34-15-17-40-18-16-34)26(38)24(25(35)37)33-27(39)32-21-9-7-20(8-10-21)28(29,30)31/h3-10,19,24H,11-18H2,1-2H3,(H2,32,33,39). The summed E-state index contributed by atoms with van der Waals surface area (Å²) in [6.45, 7) is 7.88. The number of halogens is 3. The number of hydrogen-bond acceptors (Lipinski definition) is 5. The third-order valence-corrected chi connectivity index (χ3v) is 6.91. The molecule has 1 atom stereocenters. The fraction of sp³-hybridized carbons (Fsp3) is 0.464. The number of ether oxygens (including phenoxy) is 1. The number of urea groups is 1. The van der Waals surface area contributed by atoms with Gasteiger partial charge in [0.1, 0.15) is 0 Å². The van der Waals surface area contributed by atoms with Gasteiger partial charge in [-0.05, 0) is 48.7 Å². The molecule has 0 aliphatic carbocycles. The molecule has 2 aliphatic rings. The van der Waals surface area contributed by atoms with Gasteiger partial charge >= 0.3 is 12.2 Å². The van der Waals surface area contributed by atoms with Crippen molar-refractivity contribution in [1.29, 1.82) is 0 Å². The fourth-order valence-electron chi connectivity index (χ4n) is 4.65. The number of hydrogen-bond donors (Lipinski definition) is 2. The molecule has 2 heterocycles. The van der Waals surface area contributed by atoms with Crippen molar-refractivity contribution < 1.29 is 32.3 Å². The molecule has 2 N–H and O–H groups in total. The summed E-state index contributed by atoms with van der Waals surface area (Å²) in [7, 11) is 0. The Morgan fingerprint density at radius 2 is 1.50 bits per heavy atom. The molecule has 0 radical (unpaired) electrons. The van der Waals surface area contributed by atoms with Crippen molar-refractivity contribution in [3.8, 4) is 0 Å². The average Bonchev–Trinajstić information content (AvgIpc) is 2.99. The highest BCUT2D eigenvalue weighted by molar-refractivity contribution is 6.21. The van der Waals surface area contributed by atoms with E-state index in [0.717, 1.165) is 37.4 Å². The maximum absolute atomic E-state index is 13.9. The molecule has 216 valence electrons. The molecule has 1 fully saturated rings. The van der Waals surface area contributed by atoms with Gasteiger partial charge in [0, 0.05) is 38.4 Å². The zero-order valence-corrected chi connectivity index (χ0v) is 22.5. The molecule has 4 amide bonds. The molecule has 2 aromatic carbocycles. The molecular weight excluding hydrogens is 527 g/mol. The van der Waals surface area contributed by atoms with Crippen LogP contribution in [0, 0.1) is 5.92 Å². The summed E-state index contributed by atoms with van der Waals surface area (Å²) in [4.78, 5) is 45.8. The Morgan fingerprint density at radius 1 is 0.925 bits per heavy atom. The Kier molecular flexibility index (Phi) is 9.31. The zero-order chi connectivity index (χ0) is 28.9. The molecule has 9 nitrogen and oxygen atoms in total. The third kappa shape index (κ3) is 7.11. The lowest BCUT2D eigenvalue weighted by molar-refractivity contribution is -0.137. The largest absolute Gasteiger partial charge is 0.416 e. The molecule has 12 heteroatoms. The Labute approximate surface area is 231 Å². The maximum atomic E-state index is 13.9. The van der Waals surface area contributed by atoms with Crippen LogP contribution >= 0.6 is 0 Å². The monoisotopic (exact) mass is 561 g/mol. The molecule has 0 bridgehead atoms. The van der Waals surface area contributed by atoms with Crippen LogP contribution in [0.2, 0.25) is 0 Å². The van der Waals surface area contributed by atoms with Gasteiger partial charge in [-0.15, -0.1) is 0 Å². The van der Waals surface area contributed by atoms with Gasteiger partial charge in [-0.3, -0.25) is 14.5 Å². The summed E-state index contributed by atoms with van der Waals surface area (Å²) in [6.07, 6.45) is -3.84. The number of benzene rings is 2. The second-order valence-corrected chi connectivity index (χ2v) is 10.2. The van der Waals surface area contributed by atoms with Gasteiger partial charge in [0.25, 0.3) is 11.8 Å². The lowest BCUT2D eigenvalue weighted by Gasteiger charge is -2.31. The smallest absolute Gasteiger partial charge is 0.379 e. The molecule has 2 aliphatic heterocycles. The minimum absolute atomic E-state index is 0.0862. The normalized spacial score (nSPS) is 18.5. The van der Waals surface area contributed by atoms with Gasteiger partial charge in [-0.1, -0.05) is 26.0 Å². The van der Waals surface area contributed by atoms with E-state index in [9.17, 15) is 27.6 Å². The van der Waals surface area contributed by atoms with E-state index >= 15 is 0 Å². The number of morpholine rings is 1. The Hall–Kier alpha value is -3.64. The van der Waals surface area contributed by atoms with Crippen LogP contribution in [-0.2, 0) is 20.5 Å². The minimum Gasteiger partial charge on any atom is -0.379 e. The number of alkyl halides is 3. The summed E-state index contributed by atoms with van der Waals surface area (Å²) in [5.74, 6) is -0.874. The van der Waals surface area contributed by atoms with Crippen molar-refractivity contribution >= 4 is 34.9 Å². The van der Waals surface area contributed by atoms with Crippen LogP contribution in [0.25, 0.3) is 0 Å². The first-order valence-corrected chi connectivity index (χ1v) is 13.3. The number of para-hydroxylation sites is 2. The van der Waals surface area contributed by atoms with Crippen molar-refractivity contribution in [2.45, 2.75) is 32.5 Å². The number of nitrogens with zero attached hydrogens (tertiary/aromatic N) is 3. The molecule has 4 rings (SSSR count). The second kappa shape index (κ2) is 12.7. The quantitative estimate of drug-likeness (QED) is 0.476. The maximum Gasteiger partial charge on any atom is 0.416 e. The highest BCUT2D eigenvalue weighted by Gasteiger charge is 2.41. The molecule has 40 heavy (non-hydrogen) atoms. The van der Waals surface area contributed by atoms with E-state index in [2.05, 4.69) is 15.5 Å². The summed E-state index contributed by atoms with van der Waals surface area (Å²) >= 11 is 0. The van der Waals surface area contributed by atoms with Crippen molar-refractivity contribution in [2.75, 3.05) is 61.1 Å². The van der Waals surface area contributed by atoms with Crippen LogP contribution in [0.15, 0.2) is 48.5 Å². The van der Waals surface area contributed by atoms with Crippen LogP contribution in [0.5, 0.6) is 0 Å². The van der Waals surface area contributed by atoms with Gasteiger partial charge in [-0.2, -0.15) is 13.2 Å². The summed E-state index contributed by atoms with van der Waals surface area (Å²) in [5, 5.41) is 4.92. The highest BCUT2D eigenvalue weighted by Crippen LogP contribution is 2.34. The van der Waals surface area contributed by atoms with Crippen molar-refractivity contribution in [3.63, 3.8) is 0 Å². The number of rotatable bonds is 8.